The quantitative estimate of drug-likeness (QED) is 0.445. The number of esters is 1. The second-order valence-electron chi connectivity index (χ2n) is 1.67. The van der Waals surface area contributed by atoms with Crippen molar-refractivity contribution >= 4 is 19.6 Å². The zero-order valence-electron chi connectivity index (χ0n) is 6.58. The summed E-state index contributed by atoms with van der Waals surface area (Å²) in [6.07, 6.45) is 4.02. The summed E-state index contributed by atoms with van der Waals surface area (Å²) in [6, 6.07) is 3.05. The van der Waals surface area contributed by atoms with E-state index in [2.05, 4.69) is 29.5 Å². The molecule has 0 aromatic carbocycles. The SMILES string of the molecule is COC(=O)c1c[c-]ncc1.[Zn+][Br]. The third-order valence-corrected chi connectivity index (χ3v) is 1.04. The van der Waals surface area contributed by atoms with E-state index < -0.39 is 0 Å². The van der Waals surface area contributed by atoms with E-state index in [4.69, 9.17) is 0 Å². The van der Waals surface area contributed by atoms with Gasteiger partial charge in [0.1, 0.15) is 0 Å². The molecule has 0 N–H and O–H groups in total. The third kappa shape index (κ3) is 3.93. The number of hydrogen-bond donors (Lipinski definition) is 0. The Hall–Kier alpha value is -0.277. The van der Waals surface area contributed by atoms with Gasteiger partial charge in [-0.3, -0.25) is 4.79 Å². The van der Waals surface area contributed by atoms with E-state index in [1.807, 2.05) is 0 Å². The number of hydrogen-bond acceptors (Lipinski definition) is 3. The number of methoxy groups -OCH3 is 1. The summed E-state index contributed by atoms with van der Waals surface area (Å²) in [6.45, 7) is 0. The Bertz CT molecular complexity index is 230. The second kappa shape index (κ2) is 7.38. The van der Waals surface area contributed by atoms with Gasteiger partial charge in [0.25, 0.3) is 5.97 Å². The Balaban J connectivity index is 0.000000561. The molecule has 1 aromatic heterocycles. The van der Waals surface area contributed by atoms with Crippen LogP contribution in [-0.4, -0.2) is 18.1 Å². The first-order chi connectivity index (χ1) is 5.84. The zero-order chi connectivity index (χ0) is 9.40. The van der Waals surface area contributed by atoms with Gasteiger partial charge in [-0.25, -0.2) is 0 Å². The summed E-state index contributed by atoms with van der Waals surface area (Å²) in [7, 11) is 1.34. The summed E-state index contributed by atoms with van der Waals surface area (Å²) >= 11 is 4.25. The van der Waals surface area contributed by atoms with Crippen molar-refractivity contribution in [3.05, 3.63) is 30.1 Å². The van der Waals surface area contributed by atoms with Crippen molar-refractivity contribution in [2.24, 2.45) is 0 Å². The van der Waals surface area contributed by atoms with E-state index in [-0.39, 0.29) is 5.97 Å². The molecule has 0 amide bonds. The molecule has 60 valence electrons. The fourth-order valence-corrected chi connectivity index (χ4v) is 0.560. The molecule has 0 saturated carbocycles. The summed E-state index contributed by atoms with van der Waals surface area (Å²) in [4.78, 5) is 14.4. The summed E-state index contributed by atoms with van der Waals surface area (Å²) < 4.78 is 4.45. The van der Waals surface area contributed by atoms with Crippen LogP contribution in [0.1, 0.15) is 10.4 Å². The maximum absolute atomic E-state index is 10.7. The molecule has 5 heteroatoms. The average molecular weight is 281 g/mol. The number of rotatable bonds is 1. The van der Waals surface area contributed by atoms with Gasteiger partial charge in [0.05, 0.1) is 7.11 Å². The van der Waals surface area contributed by atoms with E-state index in [0.717, 1.165) is 0 Å². The molecule has 0 aliphatic rings. The van der Waals surface area contributed by atoms with E-state index in [9.17, 15) is 4.79 Å². The Morgan fingerprint density at radius 1 is 1.75 bits per heavy atom. The molecule has 1 heterocycles. The fraction of sp³-hybridized carbons (Fsp3) is 0.143. The molecule has 1 rings (SSSR count). The molecule has 12 heavy (non-hydrogen) atoms. The topological polar surface area (TPSA) is 39.2 Å². The molecule has 0 unspecified atom stereocenters. The summed E-state index contributed by atoms with van der Waals surface area (Å²) in [5, 5.41) is 0. The molecule has 0 bridgehead atoms. The molecule has 0 aliphatic carbocycles. The third-order valence-electron chi connectivity index (χ3n) is 1.04. The predicted octanol–water partition coefficient (Wildman–Crippen LogP) is 1.51. The first-order valence-electron chi connectivity index (χ1n) is 3.01. The molecule has 1 aromatic rings. The Kier molecular flexibility index (Phi) is 7.21. The number of aromatic nitrogens is 1. The van der Waals surface area contributed by atoms with E-state index in [0.29, 0.717) is 5.56 Å². The number of nitrogens with zero attached hydrogens (tertiary/aromatic N) is 1. The summed E-state index contributed by atoms with van der Waals surface area (Å²) in [5.41, 5.74) is 0.470. The molecule has 0 aliphatic heterocycles. The number of carbonyl (C=O) groups excluding carboxylic acids is 1. The van der Waals surface area contributed by atoms with Gasteiger partial charge in [-0.15, -0.1) is 12.1 Å². The van der Waals surface area contributed by atoms with Gasteiger partial charge in [-0.1, -0.05) is 12.4 Å². The van der Waals surface area contributed by atoms with Gasteiger partial charge in [0.2, 0.25) is 0 Å². The Morgan fingerprint density at radius 2 is 2.42 bits per heavy atom. The van der Waals surface area contributed by atoms with E-state index in [1.54, 1.807) is 6.07 Å². The molecular formula is C7H6BrNO2Zn. The van der Waals surface area contributed by atoms with Crippen molar-refractivity contribution in [1.29, 1.82) is 0 Å². The Morgan fingerprint density at radius 3 is 2.83 bits per heavy atom. The van der Waals surface area contributed by atoms with Crippen LogP contribution in [0.2, 0.25) is 0 Å². The van der Waals surface area contributed by atoms with Crippen LogP contribution in [0.3, 0.4) is 0 Å². The van der Waals surface area contributed by atoms with Crippen molar-refractivity contribution in [2.45, 2.75) is 0 Å². The van der Waals surface area contributed by atoms with Gasteiger partial charge in [0, 0.05) is 0 Å². The molecular weight excluding hydrogens is 275 g/mol. The van der Waals surface area contributed by atoms with Crippen LogP contribution in [-0.2, 0) is 21.1 Å². The first-order valence-corrected chi connectivity index (χ1v) is 9.96. The standard InChI is InChI=1S/C7H6NO2.BrH.Zn/c1-10-7(9)6-2-4-8-5-3-6;;/h2-4H,1H3;1H;/q-1;;+2/p-1. The fourth-order valence-electron chi connectivity index (χ4n) is 0.560. The Labute approximate surface area is 87.6 Å². The molecule has 0 atom stereocenters. The molecule has 0 spiro atoms. The van der Waals surface area contributed by atoms with Crippen LogP contribution >= 0.6 is 13.6 Å². The second-order valence-corrected chi connectivity index (χ2v) is 1.67. The van der Waals surface area contributed by atoms with Crippen molar-refractivity contribution in [1.82, 2.24) is 4.98 Å². The van der Waals surface area contributed by atoms with Crippen LogP contribution in [0.5, 0.6) is 0 Å². The first kappa shape index (κ1) is 11.7. The van der Waals surface area contributed by atoms with Crippen molar-refractivity contribution in [3.8, 4) is 0 Å². The zero-order valence-corrected chi connectivity index (χ0v) is 11.1. The van der Waals surface area contributed by atoms with Crippen LogP contribution in [0.4, 0.5) is 0 Å². The normalized spacial score (nSPS) is 8.00. The predicted molar refractivity (Wildman–Crippen MR) is 43.3 cm³/mol. The van der Waals surface area contributed by atoms with Crippen LogP contribution in [0, 0.1) is 6.20 Å². The van der Waals surface area contributed by atoms with Crippen LogP contribution in [0.15, 0.2) is 18.3 Å². The minimum atomic E-state index is -0.362. The monoisotopic (exact) mass is 279 g/mol. The summed E-state index contributed by atoms with van der Waals surface area (Å²) in [5.74, 6) is -0.362. The van der Waals surface area contributed by atoms with Gasteiger partial charge >= 0.3 is 30.0 Å². The van der Waals surface area contributed by atoms with E-state index in [1.165, 1.54) is 35.7 Å². The number of halogens is 1. The van der Waals surface area contributed by atoms with Gasteiger partial charge < -0.3 is 9.72 Å². The van der Waals surface area contributed by atoms with Gasteiger partial charge in [0.15, 0.2) is 0 Å². The van der Waals surface area contributed by atoms with Crippen molar-refractivity contribution in [2.75, 3.05) is 7.11 Å². The average Bonchev–Trinajstić information content (AvgIpc) is 2.21. The number of pyridine rings is 1. The molecule has 0 radical (unpaired) electrons. The molecule has 0 saturated heterocycles. The van der Waals surface area contributed by atoms with Gasteiger partial charge in [-0.2, -0.15) is 0 Å². The van der Waals surface area contributed by atoms with Crippen molar-refractivity contribution < 1.29 is 25.9 Å². The van der Waals surface area contributed by atoms with Gasteiger partial charge in [-0.05, 0) is 5.56 Å². The molecule has 0 fully saturated rings. The van der Waals surface area contributed by atoms with Crippen LogP contribution in [0.25, 0.3) is 0 Å². The van der Waals surface area contributed by atoms with Crippen molar-refractivity contribution in [3.63, 3.8) is 0 Å². The minimum absolute atomic E-state index is 0.362. The molecule has 3 nitrogen and oxygen atoms in total. The number of ether oxygens (including phenoxy) is 1. The number of carbonyl (C=O) groups is 1. The van der Waals surface area contributed by atoms with E-state index >= 15 is 0 Å². The maximum atomic E-state index is 10.7. The van der Waals surface area contributed by atoms with Crippen LogP contribution < -0.4 is 0 Å².